The first-order valence-corrected chi connectivity index (χ1v) is 12.5. The molecule has 1 unspecified atom stereocenters. The number of thioether (sulfide) groups is 1. The van der Waals surface area contributed by atoms with Crippen LogP contribution in [-0.4, -0.2) is 38.4 Å². The number of hydrogen-bond acceptors (Lipinski definition) is 8. The molecule has 2 aromatic heterocycles. The molecule has 2 aromatic carbocycles. The summed E-state index contributed by atoms with van der Waals surface area (Å²) < 4.78 is 7.30. The zero-order valence-electron chi connectivity index (χ0n) is 18.8. The van der Waals surface area contributed by atoms with Crippen molar-refractivity contribution >= 4 is 28.9 Å². The number of rotatable bonds is 10. The fraction of sp³-hybridized carbons (Fsp3) is 0.240. The van der Waals surface area contributed by atoms with E-state index in [0.29, 0.717) is 16.7 Å². The van der Waals surface area contributed by atoms with Crippen LogP contribution >= 0.6 is 23.1 Å². The van der Waals surface area contributed by atoms with E-state index in [0.717, 1.165) is 29.3 Å². The summed E-state index contributed by atoms with van der Waals surface area (Å²) in [5, 5.41) is 21.4. The molecule has 0 aliphatic rings. The third-order valence-corrected chi connectivity index (χ3v) is 7.23. The maximum absolute atomic E-state index is 12.8. The van der Waals surface area contributed by atoms with Gasteiger partial charge in [0, 0.05) is 23.2 Å². The lowest BCUT2D eigenvalue weighted by Crippen LogP contribution is -2.14. The van der Waals surface area contributed by atoms with E-state index in [-0.39, 0.29) is 11.5 Å². The first-order chi connectivity index (χ1) is 16.6. The fourth-order valence-electron chi connectivity index (χ4n) is 3.42. The van der Waals surface area contributed by atoms with Crippen molar-refractivity contribution in [3.63, 3.8) is 0 Å². The molecular weight excluding hydrogens is 466 g/mol. The topological polar surface area (TPSA) is 93.7 Å². The number of ether oxygens (including phenoxy) is 1. The summed E-state index contributed by atoms with van der Waals surface area (Å²) in [6.45, 7) is 2.51. The minimum absolute atomic E-state index is 0.114. The predicted molar refractivity (Wildman–Crippen MR) is 133 cm³/mol. The molecular formula is C25H23N5O2S2. The Bertz CT molecular complexity index is 1290. The molecule has 1 atom stereocenters. The van der Waals surface area contributed by atoms with Crippen molar-refractivity contribution in [2.75, 3.05) is 12.9 Å². The van der Waals surface area contributed by atoms with Gasteiger partial charge in [0.05, 0.1) is 18.9 Å². The van der Waals surface area contributed by atoms with Gasteiger partial charge in [-0.05, 0) is 43.2 Å². The van der Waals surface area contributed by atoms with Gasteiger partial charge in [0.25, 0.3) is 0 Å². The van der Waals surface area contributed by atoms with Gasteiger partial charge in [0.2, 0.25) is 0 Å². The number of nitriles is 1. The van der Waals surface area contributed by atoms with Crippen LogP contribution < -0.4 is 4.74 Å². The van der Waals surface area contributed by atoms with Crippen LogP contribution in [0.25, 0.3) is 11.4 Å². The van der Waals surface area contributed by atoms with Crippen LogP contribution in [0.15, 0.2) is 65.1 Å². The summed E-state index contributed by atoms with van der Waals surface area (Å²) in [6.07, 6.45) is 0.794. The SMILES string of the molecule is COc1ccc(-c2nnc(SCC(=O)C(C#N)c3nc(C)cs3)n2CCc2ccccc2)cc1. The van der Waals surface area contributed by atoms with Crippen molar-refractivity contribution in [2.45, 2.75) is 31.0 Å². The van der Waals surface area contributed by atoms with E-state index in [2.05, 4.69) is 33.4 Å². The van der Waals surface area contributed by atoms with Crippen LogP contribution in [0.2, 0.25) is 0 Å². The Kier molecular flexibility index (Phi) is 7.72. The number of carbonyl (C=O) groups excluding carboxylic acids is 1. The molecule has 0 spiro atoms. The summed E-state index contributed by atoms with van der Waals surface area (Å²) in [5.41, 5.74) is 2.92. The Morgan fingerprint density at radius 2 is 1.94 bits per heavy atom. The highest BCUT2D eigenvalue weighted by atomic mass is 32.2. The van der Waals surface area contributed by atoms with E-state index in [1.54, 1.807) is 7.11 Å². The lowest BCUT2D eigenvalue weighted by molar-refractivity contribution is -0.116. The van der Waals surface area contributed by atoms with Crippen molar-refractivity contribution in [3.8, 4) is 23.2 Å². The van der Waals surface area contributed by atoms with Gasteiger partial charge in [0.15, 0.2) is 22.7 Å². The summed E-state index contributed by atoms with van der Waals surface area (Å²) in [5.74, 6) is 0.543. The molecule has 0 fully saturated rings. The molecule has 0 N–H and O–H groups in total. The molecule has 0 saturated heterocycles. The van der Waals surface area contributed by atoms with Crippen molar-refractivity contribution < 1.29 is 9.53 Å². The van der Waals surface area contributed by atoms with E-state index in [9.17, 15) is 10.1 Å². The number of aryl methyl sites for hydroxylation is 2. The standard InChI is InChI=1S/C25H23N5O2S2/c1-17-15-33-24(27-17)21(14-26)22(31)16-34-25-29-28-23(19-8-10-20(32-2)11-9-19)30(25)13-12-18-6-4-3-5-7-18/h3-11,15,21H,12-13,16H2,1-2H3. The smallest absolute Gasteiger partial charge is 0.191 e. The van der Waals surface area contributed by atoms with Crippen molar-refractivity contribution in [3.05, 3.63) is 76.2 Å². The van der Waals surface area contributed by atoms with Crippen LogP contribution in [-0.2, 0) is 17.8 Å². The van der Waals surface area contributed by atoms with E-state index >= 15 is 0 Å². The normalized spacial score (nSPS) is 11.7. The fourth-order valence-corrected chi connectivity index (χ4v) is 5.16. The molecule has 0 bridgehead atoms. The lowest BCUT2D eigenvalue weighted by Gasteiger charge is -2.11. The Morgan fingerprint density at radius 1 is 1.18 bits per heavy atom. The number of thiazole rings is 1. The number of benzene rings is 2. The van der Waals surface area contributed by atoms with Crippen LogP contribution in [0.3, 0.4) is 0 Å². The van der Waals surface area contributed by atoms with Crippen LogP contribution in [0.1, 0.15) is 22.2 Å². The summed E-state index contributed by atoms with van der Waals surface area (Å²) in [7, 11) is 1.63. The minimum Gasteiger partial charge on any atom is -0.497 e. The van der Waals surface area contributed by atoms with E-state index in [1.165, 1.54) is 28.7 Å². The molecule has 9 heteroatoms. The van der Waals surface area contributed by atoms with Gasteiger partial charge in [-0.1, -0.05) is 42.1 Å². The zero-order chi connectivity index (χ0) is 23.9. The Balaban J connectivity index is 1.56. The summed E-state index contributed by atoms with van der Waals surface area (Å²) in [4.78, 5) is 17.2. The zero-order valence-corrected chi connectivity index (χ0v) is 20.5. The van der Waals surface area contributed by atoms with Crippen molar-refractivity contribution in [2.24, 2.45) is 0 Å². The average Bonchev–Trinajstić information content (AvgIpc) is 3.48. The van der Waals surface area contributed by atoms with E-state index < -0.39 is 5.92 Å². The number of hydrogen-bond donors (Lipinski definition) is 0. The molecule has 0 radical (unpaired) electrons. The minimum atomic E-state index is -0.868. The molecule has 0 saturated carbocycles. The molecule has 172 valence electrons. The van der Waals surface area contributed by atoms with Gasteiger partial charge in [-0.25, -0.2) is 4.98 Å². The third-order valence-electron chi connectivity index (χ3n) is 5.21. The molecule has 2 heterocycles. The number of methoxy groups -OCH3 is 1. The average molecular weight is 490 g/mol. The molecule has 7 nitrogen and oxygen atoms in total. The molecule has 0 aliphatic heterocycles. The highest BCUT2D eigenvalue weighted by Crippen LogP contribution is 2.28. The quantitative estimate of drug-likeness (QED) is 0.292. The van der Waals surface area contributed by atoms with Gasteiger partial charge in [-0.3, -0.25) is 4.79 Å². The van der Waals surface area contributed by atoms with Crippen molar-refractivity contribution in [1.29, 1.82) is 5.26 Å². The van der Waals surface area contributed by atoms with Crippen LogP contribution in [0, 0.1) is 18.3 Å². The highest BCUT2D eigenvalue weighted by molar-refractivity contribution is 7.99. The molecule has 4 rings (SSSR count). The second kappa shape index (κ2) is 11.1. The van der Waals surface area contributed by atoms with Gasteiger partial charge in [-0.15, -0.1) is 21.5 Å². The maximum atomic E-state index is 12.8. The van der Waals surface area contributed by atoms with Crippen LogP contribution in [0.4, 0.5) is 0 Å². The number of ketones is 1. The third kappa shape index (κ3) is 5.53. The molecule has 0 amide bonds. The van der Waals surface area contributed by atoms with E-state index in [1.807, 2.05) is 59.3 Å². The lowest BCUT2D eigenvalue weighted by atomic mass is 10.1. The van der Waals surface area contributed by atoms with Crippen molar-refractivity contribution in [1.82, 2.24) is 19.7 Å². The monoisotopic (exact) mass is 489 g/mol. The number of aromatic nitrogens is 4. The first kappa shape index (κ1) is 23.7. The van der Waals surface area contributed by atoms with Gasteiger partial charge < -0.3 is 9.30 Å². The number of Topliss-reactive ketones (excluding diaryl/α,β-unsaturated/α-hetero) is 1. The van der Waals surface area contributed by atoms with Gasteiger partial charge in [0.1, 0.15) is 10.8 Å². The first-order valence-electron chi connectivity index (χ1n) is 10.7. The molecule has 4 aromatic rings. The Morgan fingerprint density at radius 3 is 2.59 bits per heavy atom. The Hall–Kier alpha value is -3.48. The summed E-state index contributed by atoms with van der Waals surface area (Å²) in [6, 6.07) is 20.0. The largest absolute Gasteiger partial charge is 0.497 e. The van der Waals surface area contributed by atoms with Gasteiger partial charge in [-0.2, -0.15) is 5.26 Å². The predicted octanol–water partition coefficient (Wildman–Crippen LogP) is 4.93. The second-order valence-corrected chi connectivity index (χ2v) is 9.40. The highest BCUT2D eigenvalue weighted by Gasteiger charge is 2.24. The number of nitrogens with zero attached hydrogens (tertiary/aromatic N) is 5. The molecule has 0 aliphatic carbocycles. The van der Waals surface area contributed by atoms with Crippen LogP contribution in [0.5, 0.6) is 5.75 Å². The summed E-state index contributed by atoms with van der Waals surface area (Å²) >= 11 is 2.64. The Labute approximate surface area is 206 Å². The van der Waals surface area contributed by atoms with E-state index in [4.69, 9.17) is 4.74 Å². The number of carbonyl (C=O) groups is 1. The molecule has 34 heavy (non-hydrogen) atoms. The maximum Gasteiger partial charge on any atom is 0.191 e. The van der Waals surface area contributed by atoms with Gasteiger partial charge >= 0.3 is 0 Å². The second-order valence-electron chi connectivity index (χ2n) is 7.57.